The molecular formula is C29H29N3O4. The number of hydrogen-bond donors (Lipinski definition) is 0. The first kappa shape index (κ1) is 23.7. The summed E-state index contributed by atoms with van der Waals surface area (Å²) in [6.07, 6.45) is 4.77. The summed E-state index contributed by atoms with van der Waals surface area (Å²) in [7, 11) is 1.50. The summed E-state index contributed by atoms with van der Waals surface area (Å²) in [5.74, 6) is 0.0308. The highest BCUT2D eigenvalue weighted by Crippen LogP contribution is 2.40. The van der Waals surface area contributed by atoms with Gasteiger partial charge in [-0.2, -0.15) is 0 Å². The number of carbonyl (C=O) groups excluding carboxylic acids is 3. The summed E-state index contributed by atoms with van der Waals surface area (Å²) in [5.41, 5.74) is 1.60. The van der Waals surface area contributed by atoms with Crippen molar-refractivity contribution in [2.24, 2.45) is 0 Å². The average molecular weight is 484 g/mol. The van der Waals surface area contributed by atoms with Crippen LogP contribution in [0.5, 0.6) is 5.75 Å². The second-order valence-electron chi connectivity index (χ2n) is 9.52. The van der Waals surface area contributed by atoms with Gasteiger partial charge >= 0.3 is 0 Å². The smallest absolute Gasteiger partial charge is 0.240 e. The van der Waals surface area contributed by atoms with E-state index in [-0.39, 0.29) is 36.7 Å². The number of amides is 3. The van der Waals surface area contributed by atoms with Crippen molar-refractivity contribution in [3.8, 4) is 16.9 Å². The van der Waals surface area contributed by atoms with Gasteiger partial charge in [0.25, 0.3) is 0 Å². The maximum Gasteiger partial charge on any atom is 0.240 e. The zero-order chi connectivity index (χ0) is 25.1. The second-order valence-corrected chi connectivity index (χ2v) is 9.52. The predicted molar refractivity (Wildman–Crippen MR) is 135 cm³/mol. The first-order valence-electron chi connectivity index (χ1n) is 12.3. The highest BCUT2D eigenvalue weighted by Gasteiger charge is 2.53. The van der Waals surface area contributed by atoms with Gasteiger partial charge < -0.3 is 9.64 Å². The van der Waals surface area contributed by atoms with Gasteiger partial charge in [-0.1, -0.05) is 54.6 Å². The number of rotatable bonds is 6. The molecule has 0 radical (unpaired) electrons. The lowest BCUT2D eigenvalue weighted by molar-refractivity contribution is -0.142. The Bertz CT molecular complexity index is 1240. The lowest BCUT2D eigenvalue weighted by Gasteiger charge is -2.35. The minimum atomic E-state index is -1.18. The SMILES string of the molecule is CN1C(=O)C[C@](CC(=O)N2CCC(Oc3cccnc3)CC2)(c2ccc(-c3ccccc3)cc2)C1=O. The minimum absolute atomic E-state index is 0.000654. The van der Waals surface area contributed by atoms with Gasteiger partial charge in [-0.05, 0) is 28.8 Å². The Kier molecular flexibility index (Phi) is 6.55. The van der Waals surface area contributed by atoms with Crippen LogP contribution in [0.25, 0.3) is 11.1 Å². The highest BCUT2D eigenvalue weighted by molar-refractivity contribution is 6.10. The Morgan fingerprint density at radius 2 is 1.67 bits per heavy atom. The van der Waals surface area contributed by atoms with Crippen molar-refractivity contribution < 1.29 is 19.1 Å². The van der Waals surface area contributed by atoms with Crippen molar-refractivity contribution in [2.75, 3.05) is 20.1 Å². The lowest BCUT2D eigenvalue weighted by atomic mass is 9.75. The van der Waals surface area contributed by atoms with E-state index in [2.05, 4.69) is 4.98 Å². The zero-order valence-corrected chi connectivity index (χ0v) is 20.3. The van der Waals surface area contributed by atoms with E-state index in [1.807, 2.05) is 66.7 Å². The highest BCUT2D eigenvalue weighted by atomic mass is 16.5. The molecule has 2 saturated heterocycles. The molecule has 7 nitrogen and oxygen atoms in total. The molecule has 3 heterocycles. The molecule has 1 aromatic heterocycles. The lowest BCUT2D eigenvalue weighted by Crippen LogP contribution is -2.46. The second kappa shape index (κ2) is 9.93. The summed E-state index contributed by atoms with van der Waals surface area (Å²) in [6, 6.07) is 21.3. The number of aromatic nitrogens is 1. The van der Waals surface area contributed by atoms with Gasteiger partial charge in [0, 0.05) is 52.0 Å². The van der Waals surface area contributed by atoms with Gasteiger partial charge in [-0.25, -0.2) is 0 Å². The van der Waals surface area contributed by atoms with Crippen LogP contribution in [0.1, 0.15) is 31.2 Å². The molecule has 36 heavy (non-hydrogen) atoms. The van der Waals surface area contributed by atoms with Crippen molar-refractivity contribution in [3.05, 3.63) is 84.7 Å². The van der Waals surface area contributed by atoms with Crippen molar-refractivity contribution in [3.63, 3.8) is 0 Å². The van der Waals surface area contributed by atoms with Gasteiger partial charge in [0.15, 0.2) is 0 Å². The largest absolute Gasteiger partial charge is 0.489 e. The van der Waals surface area contributed by atoms with Gasteiger partial charge in [0.1, 0.15) is 11.9 Å². The van der Waals surface area contributed by atoms with Crippen LogP contribution in [0.4, 0.5) is 0 Å². The Hall–Kier alpha value is -4.00. The first-order chi connectivity index (χ1) is 17.5. The van der Waals surface area contributed by atoms with E-state index in [0.717, 1.165) is 21.8 Å². The molecule has 0 N–H and O–H groups in total. The summed E-state index contributed by atoms with van der Waals surface area (Å²) in [5, 5.41) is 0. The Balaban J connectivity index is 1.32. The molecule has 3 aromatic rings. The molecule has 0 spiro atoms. The third-order valence-corrected chi connectivity index (χ3v) is 7.27. The monoisotopic (exact) mass is 483 g/mol. The minimum Gasteiger partial charge on any atom is -0.489 e. The summed E-state index contributed by atoms with van der Waals surface area (Å²) in [4.78, 5) is 46.4. The van der Waals surface area contributed by atoms with E-state index in [1.165, 1.54) is 7.05 Å². The molecule has 184 valence electrons. The maximum absolute atomic E-state index is 13.4. The Morgan fingerprint density at radius 1 is 0.972 bits per heavy atom. The van der Waals surface area contributed by atoms with Crippen LogP contribution in [0, 0.1) is 0 Å². The van der Waals surface area contributed by atoms with E-state index in [4.69, 9.17) is 4.74 Å². The predicted octanol–water partition coefficient (Wildman–Crippen LogP) is 3.84. The molecule has 0 bridgehead atoms. The van der Waals surface area contributed by atoms with Crippen LogP contribution >= 0.6 is 0 Å². The van der Waals surface area contributed by atoms with Crippen molar-refractivity contribution in [1.29, 1.82) is 0 Å². The van der Waals surface area contributed by atoms with E-state index >= 15 is 0 Å². The first-order valence-corrected chi connectivity index (χ1v) is 12.3. The maximum atomic E-state index is 13.4. The van der Waals surface area contributed by atoms with Crippen LogP contribution in [-0.4, -0.2) is 58.7 Å². The van der Waals surface area contributed by atoms with Gasteiger partial charge in [-0.3, -0.25) is 24.3 Å². The number of ether oxygens (including phenoxy) is 1. The fourth-order valence-electron chi connectivity index (χ4n) is 5.17. The van der Waals surface area contributed by atoms with E-state index in [0.29, 0.717) is 31.5 Å². The Labute approximate surface area is 210 Å². The van der Waals surface area contributed by atoms with Crippen LogP contribution in [0.2, 0.25) is 0 Å². The van der Waals surface area contributed by atoms with Gasteiger partial charge in [0.2, 0.25) is 17.7 Å². The molecule has 2 aliphatic rings. The normalized spacial score (nSPS) is 20.6. The molecule has 1 atom stereocenters. The third-order valence-electron chi connectivity index (χ3n) is 7.27. The Morgan fingerprint density at radius 3 is 2.28 bits per heavy atom. The number of carbonyl (C=O) groups is 3. The number of likely N-dealkylation sites (N-methyl/N-ethyl adjacent to an activating group) is 1. The number of pyridine rings is 1. The number of hydrogen-bond acceptors (Lipinski definition) is 5. The molecule has 2 aromatic carbocycles. The van der Waals surface area contributed by atoms with E-state index in [9.17, 15) is 14.4 Å². The van der Waals surface area contributed by atoms with Crippen LogP contribution in [0.3, 0.4) is 0 Å². The molecule has 2 aliphatic heterocycles. The summed E-state index contributed by atoms with van der Waals surface area (Å²) >= 11 is 0. The molecule has 5 rings (SSSR count). The van der Waals surface area contributed by atoms with Crippen molar-refractivity contribution in [2.45, 2.75) is 37.2 Å². The van der Waals surface area contributed by atoms with Crippen LogP contribution in [0.15, 0.2) is 79.1 Å². The van der Waals surface area contributed by atoms with E-state index < -0.39 is 5.41 Å². The van der Waals surface area contributed by atoms with Gasteiger partial charge in [-0.15, -0.1) is 0 Å². The topological polar surface area (TPSA) is 79.8 Å². The van der Waals surface area contributed by atoms with Crippen molar-refractivity contribution in [1.82, 2.24) is 14.8 Å². The van der Waals surface area contributed by atoms with E-state index in [1.54, 1.807) is 17.3 Å². The van der Waals surface area contributed by atoms with Gasteiger partial charge in [0.05, 0.1) is 11.6 Å². The fourth-order valence-corrected chi connectivity index (χ4v) is 5.17. The average Bonchev–Trinajstić information content (AvgIpc) is 3.14. The molecule has 2 fully saturated rings. The molecule has 3 amide bonds. The number of likely N-dealkylation sites (tertiary alicyclic amines) is 2. The third kappa shape index (κ3) is 4.61. The van der Waals surface area contributed by atoms with Crippen molar-refractivity contribution >= 4 is 17.7 Å². The fraction of sp³-hybridized carbons (Fsp3) is 0.310. The molecule has 7 heteroatoms. The number of benzene rings is 2. The summed E-state index contributed by atoms with van der Waals surface area (Å²) in [6.45, 7) is 1.09. The number of piperidine rings is 1. The quantitative estimate of drug-likeness (QED) is 0.498. The molecule has 0 unspecified atom stereocenters. The zero-order valence-electron chi connectivity index (χ0n) is 20.3. The van der Waals surface area contributed by atoms with Crippen LogP contribution < -0.4 is 4.74 Å². The summed E-state index contributed by atoms with van der Waals surface area (Å²) < 4.78 is 5.99. The molecule has 0 aliphatic carbocycles. The number of nitrogens with zero attached hydrogens (tertiary/aromatic N) is 3. The van der Waals surface area contributed by atoms with Crippen LogP contribution in [-0.2, 0) is 19.8 Å². The standard InChI is InChI=1S/C29H29N3O4/c1-31-26(33)18-29(28(31)35,23-11-9-22(10-12-23)21-6-3-2-4-7-21)19-27(34)32-16-13-24(14-17-32)36-25-8-5-15-30-20-25/h2-12,15,20,24H,13-14,16-19H2,1H3/t29-/m0/s1. The molecule has 0 saturated carbocycles. The number of imide groups is 1. The molecular weight excluding hydrogens is 454 g/mol.